The van der Waals surface area contributed by atoms with Gasteiger partial charge in [0.25, 0.3) is 11.2 Å². The molecule has 8 nitrogen and oxygen atoms in total. The smallest absolute Gasteiger partial charge is 0.432 e. The molecule has 0 saturated carbocycles. The van der Waals surface area contributed by atoms with Crippen LogP contribution in [0.3, 0.4) is 0 Å². The van der Waals surface area contributed by atoms with Gasteiger partial charge in [-0.3, -0.25) is 0 Å². The number of aryl methyl sites for hydroxylation is 2. The minimum absolute atomic E-state index is 0.0351. The molecule has 0 bridgehead atoms. The van der Waals surface area contributed by atoms with Gasteiger partial charge >= 0.3 is 24.3 Å². The zero-order valence-electron chi connectivity index (χ0n) is 27.6. The van der Waals surface area contributed by atoms with E-state index in [2.05, 4.69) is 0 Å². The SMILES string of the molecule is COc1cc(C)c(-c2c(OC)cc(C)cc2OC(=O)[C@@](OC)(c2ccccc2)C(F)(F)F)c(OC(=O)[C@@](OC)(c2ccccc2)C(F)(F)F)c1. The van der Waals surface area contributed by atoms with Crippen molar-refractivity contribution in [3.63, 3.8) is 0 Å². The van der Waals surface area contributed by atoms with Crippen molar-refractivity contribution in [2.45, 2.75) is 37.4 Å². The molecule has 4 rings (SSSR count). The van der Waals surface area contributed by atoms with E-state index < -0.39 is 58.1 Å². The van der Waals surface area contributed by atoms with Gasteiger partial charge < -0.3 is 28.4 Å². The lowest BCUT2D eigenvalue weighted by molar-refractivity contribution is -0.273. The first kappa shape index (κ1) is 37.7. The molecule has 0 saturated heterocycles. The number of ether oxygens (including phenoxy) is 6. The summed E-state index contributed by atoms with van der Waals surface area (Å²) in [5, 5.41) is 0. The summed E-state index contributed by atoms with van der Waals surface area (Å²) < 4.78 is 120. The van der Waals surface area contributed by atoms with Gasteiger partial charge in [0, 0.05) is 37.0 Å². The molecular formula is C36H32F6O8. The number of carbonyl (C=O) groups excluding carboxylic acids is 2. The number of alkyl halides is 6. The van der Waals surface area contributed by atoms with E-state index in [-0.39, 0.29) is 28.2 Å². The molecule has 0 amide bonds. The second kappa shape index (κ2) is 14.4. The molecule has 0 fully saturated rings. The summed E-state index contributed by atoms with van der Waals surface area (Å²) in [6, 6.07) is 17.3. The molecule has 0 aromatic heterocycles. The van der Waals surface area contributed by atoms with E-state index in [4.69, 9.17) is 28.4 Å². The monoisotopic (exact) mass is 706 g/mol. The van der Waals surface area contributed by atoms with Crippen LogP contribution in [0.5, 0.6) is 23.0 Å². The van der Waals surface area contributed by atoms with Crippen molar-refractivity contribution in [1.82, 2.24) is 0 Å². The van der Waals surface area contributed by atoms with Gasteiger partial charge in [-0.25, -0.2) is 9.59 Å². The highest BCUT2D eigenvalue weighted by molar-refractivity contribution is 5.92. The maximum Gasteiger partial charge on any atom is 0.432 e. The number of hydrogen-bond acceptors (Lipinski definition) is 8. The first-order valence-corrected chi connectivity index (χ1v) is 14.7. The van der Waals surface area contributed by atoms with Gasteiger partial charge in [0.2, 0.25) is 0 Å². The highest BCUT2D eigenvalue weighted by atomic mass is 19.4. The molecule has 0 radical (unpaired) electrons. The van der Waals surface area contributed by atoms with Crippen LogP contribution in [0.1, 0.15) is 22.3 Å². The third-order valence-corrected chi connectivity index (χ3v) is 7.94. The average Bonchev–Trinajstić information content (AvgIpc) is 3.05. The topological polar surface area (TPSA) is 89.5 Å². The molecule has 0 unspecified atom stereocenters. The van der Waals surface area contributed by atoms with Crippen molar-refractivity contribution in [2.75, 3.05) is 28.4 Å². The van der Waals surface area contributed by atoms with E-state index in [0.717, 1.165) is 30.3 Å². The minimum Gasteiger partial charge on any atom is -0.497 e. The van der Waals surface area contributed by atoms with Crippen LogP contribution in [-0.4, -0.2) is 52.7 Å². The molecule has 0 aliphatic rings. The van der Waals surface area contributed by atoms with Crippen LogP contribution < -0.4 is 18.9 Å². The Hall–Kier alpha value is -5.08. The lowest BCUT2D eigenvalue weighted by Gasteiger charge is -2.33. The van der Waals surface area contributed by atoms with Gasteiger partial charge in [-0.05, 0) is 43.2 Å². The molecule has 14 heteroatoms. The van der Waals surface area contributed by atoms with E-state index in [1.165, 1.54) is 82.7 Å². The van der Waals surface area contributed by atoms with E-state index in [9.17, 15) is 35.9 Å². The standard InChI is InChI=1S/C36H32F6O8/c1-21-17-26(46-4)30(27(18-21)49-31(43)33(47-5,35(37,38)39)23-13-9-7-10-14-23)29-22(2)19-25(45-3)20-28(29)50-32(44)34(48-6,36(40,41)42)24-15-11-8-12-16-24/h7-20H,1-6H3/t33-,34-/m0/s1. The molecule has 0 heterocycles. The molecule has 4 aromatic rings. The first-order valence-electron chi connectivity index (χ1n) is 14.7. The summed E-state index contributed by atoms with van der Waals surface area (Å²) in [6.07, 6.45) is -10.7. The van der Waals surface area contributed by atoms with Crippen molar-refractivity contribution >= 4 is 11.9 Å². The summed E-state index contributed by atoms with van der Waals surface area (Å²) in [4.78, 5) is 27.5. The Morgan fingerprint density at radius 3 is 1.34 bits per heavy atom. The van der Waals surface area contributed by atoms with E-state index >= 15 is 0 Å². The maximum absolute atomic E-state index is 14.8. The molecule has 0 aliphatic heterocycles. The molecular weight excluding hydrogens is 674 g/mol. The summed E-state index contributed by atoms with van der Waals surface area (Å²) in [6.45, 7) is 3.00. The van der Waals surface area contributed by atoms with Crippen LogP contribution in [-0.2, 0) is 30.3 Å². The number of carbonyl (C=O) groups is 2. The van der Waals surface area contributed by atoms with Gasteiger partial charge in [0.1, 0.15) is 23.0 Å². The van der Waals surface area contributed by atoms with Crippen LogP contribution in [0.15, 0.2) is 84.9 Å². The third kappa shape index (κ3) is 6.60. The highest BCUT2D eigenvalue weighted by Crippen LogP contribution is 2.50. The summed E-state index contributed by atoms with van der Waals surface area (Å²) in [5.74, 6) is -4.92. The molecule has 0 spiro atoms. The number of benzene rings is 4. The maximum atomic E-state index is 14.8. The summed E-state index contributed by atoms with van der Waals surface area (Å²) in [5.41, 5.74) is -8.26. The second-order valence-electron chi connectivity index (χ2n) is 10.9. The quantitative estimate of drug-likeness (QED) is 0.0881. The Balaban J connectivity index is 1.98. The van der Waals surface area contributed by atoms with Crippen LogP contribution in [0.25, 0.3) is 11.1 Å². The minimum atomic E-state index is -5.34. The van der Waals surface area contributed by atoms with E-state index in [0.29, 0.717) is 19.8 Å². The number of halogens is 6. The normalized spacial score (nSPS) is 14.2. The van der Waals surface area contributed by atoms with Crippen LogP contribution in [0, 0.1) is 13.8 Å². The Morgan fingerprint density at radius 2 is 0.960 bits per heavy atom. The predicted octanol–water partition coefficient (Wildman–Crippen LogP) is 8.01. The van der Waals surface area contributed by atoms with E-state index in [1.807, 2.05) is 0 Å². The Bertz CT molecular complexity index is 1840. The van der Waals surface area contributed by atoms with Gasteiger partial charge in [-0.15, -0.1) is 0 Å². The second-order valence-corrected chi connectivity index (χ2v) is 10.9. The molecule has 2 atom stereocenters. The largest absolute Gasteiger partial charge is 0.497 e. The predicted molar refractivity (Wildman–Crippen MR) is 168 cm³/mol. The van der Waals surface area contributed by atoms with Gasteiger partial charge in [-0.1, -0.05) is 60.7 Å². The summed E-state index contributed by atoms with van der Waals surface area (Å²) >= 11 is 0. The first-order chi connectivity index (χ1) is 23.5. The van der Waals surface area contributed by atoms with Crippen LogP contribution in [0.2, 0.25) is 0 Å². The molecule has 0 N–H and O–H groups in total. The number of esters is 2. The van der Waals surface area contributed by atoms with Gasteiger partial charge in [0.05, 0.1) is 19.8 Å². The van der Waals surface area contributed by atoms with Crippen molar-refractivity contribution in [2.24, 2.45) is 0 Å². The lowest BCUT2D eigenvalue weighted by atomic mass is 9.92. The fraction of sp³-hybridized carbons (Fsp3) is 0.278. The van der Waals surface area contributed by atoms with Crippen LogP contribution in [0.4, 0.5) is 26.3 Å². The Kier molecular flexibility index (Phi) is 10.9. The van der Waals surface area contributed by atoms with Crippen LogP contribution >= 0.6 is 0 Å². The lowest BCUT2D eigenvalue weighted by Crippen LogP contribution is -2.53. The highest BCUT2D eigenvalue weighted by Gasteiger charge is 2.65. The molecule has 266 valence electrons. The van der Waals surface area contributed by atoms with E-state index in [1.54, 1.807) is 0 Å². The average molecular weight is 707 g/mol. The molecule has 50 heavy (non-hydrogen) atoms. The zero-order chi connectivity index (χ0) is 37.1. The number of methoxy groups -OCH3 is 4. The van der Waals surface area contributed by atoms with Crippen molar-refractivity contribution in [3.05, 3.63) is 107 Å². The van der Waals surface area contributed by atoms with Gasteiger partial charge in [0.15, 0.2) is 0 Å². The van der Waals surface area contributed by atoms with Crippen molar-refractivity contribution < 1.29 is 64.4 Å². The van der Waals surface area contributed by atoms with Crippen molar-refractivity contribution in [1.29, 1.82) is 0 Å². The summed E-state index contributed by atoms with van der Waals surface area (Å²) in [7, 11) is 3.85. The zero-order valence-corrected chi connectivity index (χ0v) is 27.6. The molecule has 4 aromatic carbocycles. The molecule has 0 aliphatic carbocycles. The third-order valence-electron chi connectivity index (χ3n) is 7.94. The Morgan fingerprint density at radius 1 is 0.540 bits per heavy atom. The number of rotatable bonds is 11. The Labute approximate surface area is 283 Å². The fourth-order valence-corrected chi connectivity index (χ4v) is 5.57. The van der Waals surface area contributed by atoms with Crippen molar-refractivity contribution in [3.8, 4) is 34.1 Å². The van der Waals surface area contributed by atoms with Gasteiger partial charge in [-0.2, -0.15) is 26.3 Å². The number of hydrogen-bond donors (Lipinski definition) is 0. The fourth-order valence-electron chi connectivity index (χ4n) is 5.57.